The fraction of sp³-hybridized carbons (Fsp3) is 0.385. The van der Waals surface area contributed by atoms with Crippen LogP contribution in [0.2, 0.25) is 0 Å². The second-order valence-electron chi connectivity index (χ2n) is 4.47. The number of amides is 1. The maximum atomic E-state index is 11.5. The zero-order valence-electron chi connectivity index (χ0n) is 10.4. The van der Waals surface area contributed by atoms with Gasteiger partial charge in [0, 0.05) is 26.2 Å². The van der Waals surface area contributed by atoms with Crippen LogP contribution in [0.4, 0.5) is 6.01 Å². The Balaban J connectivity index is 1.72. The van der Waals surface area contributed by atoms with Crippen LogP contribution in [0.5, 0.6) is 0 Å². The molecule has 1 aliphatic heterocycles. The molecule has 2 heterocycles. The molecular formula is C13H14ClN3O2. The smallest absolute Gasteiger partial charge is 0.298 e. The second kappa shape index (κ2) is 5.09. The van der Waals surface area contributed by atoms with E-state index >= 15 is 0 Å². The molecule has 0 spiro atoms. The minimum absolute atomic E-state index is 0.0149. The Kier molecular flexibility index (Phi) is 3.29. The third-order valence-corrected chi connectivity index (χ3v) is 3.53. The number of hydrogen-bond acceptors (Lipinski definition) is 4. The minimum atomic E-state index is -0.0149. The molecule has 0 N–H and O–H groups in total. The van der Waals surface area contributed by atoms with Crippen LogP contribution in [0, 0.1) is 0 Å². The Labute approximate surface area is 115 Å². The lowest BCUT2D eigenvalue weighted by atomic mass is 10.3. The highest BCUT2D eigenvalue weighted by atomic mass is 35.5. The van der Waals surface area contributed by atoms with Gasteiger partial charge in [-0.25, -0.2) is 0 Å². The quantitative estimate of drug-likeness (QED) is 0.786. The number of nitrogens with zero attached hydrogens (tertiary/aromatic N) is 3. The van der Waals surface area contributed by atoms with E-state index in [1.807, 2.05) is 24.3 Å². The summed E-state index contributed by atoms with van der Waals surface area (Å²) in [4.78, 5) is 19.8. The number of hydrogen-bond donors (Lipinski definition) is 0. The summed E-state index contributed by atoms with van der Waals surface area (Å²) in [6.07, 6.45) is 0. The van der Waals surface area contributed by atoms with Crippen molar-refractivity contribution in [2.45, 2.75) is 0 Å². The van der Waals surface area contributed by atoms with E-state index in [1.54, 1.807) is 4.90 Å². The van der Waals surface area contributed by atoms with E-state index in [4.69, 9.17) is 16.0 Å². The molecule has 1 fully saturated rings. The van der Waals surface area contributed by atoms with E-state index in [0.717, 1.165) is 24.2 Å². The first kappa shape index (κ1) is 12.3. The van der Waals surface area contributed by atoms with Gasteiger partial charge >= 0.3 is 0 Å². The summed E-state index contributed by atoms with van der Waals surface area (Å²) in [5.41, 5.74) is 1.65. The standard InChI is InChI=1S/C13H14ClN3O2/c14-9-12(18)16-5-7-17(8-6-16)13-15-10-3-1-2-4-11(10)19-13/h1-4H,5-9H2. The van der Waals surface area contributed by atoms with Gasteiger partial charge in [0.2, 0.25) is 5.91 Å². The number of piperazine rings is 1. The summed E-state index contributed by atoms with van der Waals surface area (Å²) in [6, 6.07) is 8.31. The summed E-state index contributed by atoms with van der Waals surface area (Å²) < 4.78 is 5.71. The van der Waals surface area contributed by atoms with Crippen LogP contribution in [0.25, 0.3) is 11.1 Å². The van der Waals surface area contributed by atoms with E-state index in [9.17, 15) is 4.79 Å². The number of rotatable bonds is 2. The first-order valence-electron chi connectivity index (χ1n) is 6.22. The van der Waals surface area contributed by atoms with E-state index in [-0.39, 0.29) is 11.8 Å². The Bertz CT molecular complexity index is 557. The van der Waals surface area contributed by atoms with E-state index in [2.05, 4.69) is 9.88 Å². The predicted octanol–water partition coefficient (Wildman–Crippen LogP) is 1.72. The number of fused-ring (bicyclic) bond motifs is 1. The van der Waals surface area contributed by atoms with E-state index in [0.29, 0.717) is 19.1 Å². The van der Waals surface area contributed by atoms with Gasteiger partial charge in [-0.15, -0.1) is 11.6 Å². The van der Waals surface area contributed by atoms with E-state index < -0.39 is 0 Å². The molecule has 1 aromatic heterocycles. The fourth-order valence-corrected chi connectivity index (χ4v) is 2.40. The second-order valence-corrected chi connectivity index (χ2v) is 4.73. The maximum Gasteiger partial charge on any atom is 0.298 e. The Hall–Kier alpha value is -1.75. The maximum absolute atomic E-state index is 11.5. The molecule has 100 valence electrons. The molecule has 6 heteroatoms. The first-order valence-corrected chi connectivity index (χ1v) is 6.75. The number of benzene rings is 1. The number of carbonyl (C=O) groups is 1. The molecule has 0 bridgehead atoms. The number of oxazole rings is 1. The molecule has 0 atom stereocenters. The van der Waals surface area contributed by atoms with Gasteiger partial charge in [-0.1, -0.05) is 12.1 Å². The minimum Gasteiger partial charge on any atom is -0.423 e. The van der Waals surface area contributed by atoms with Gasteiger partial charge in [0.15, 0.2) is 5.58 Å². The summed E-state index contributed by atoms with van der Waals surface area (Å²) in [5.74, 6) is 0.0296. The average Bonchev–Trinajstić information content (AvgIpc) is 2.90. The Morgan fingerprint density at radius 1 is 1.26 bits per heavy atom. The van der Waals surface area contributed by atoms with Gasteiger partial charge in [0.05, 0.1) is 0 Å². The van der Waals surface area contributed by atoms with Crippen molar-refractivity contribution in [3.63, 3.8) is 0 Å². The Morgan fingerprint density at radius 2 is 2.00 bits per heavy atom. The topological polar surface area (TPSA) is 49.6 Å². The van der Waals surface area contributed by atoms with Crippen LogP contribution < -0.4 is 4.90 Å². The molecule has 3 rings (SSSR count). The highest BCUT2D eigenvalue weighted by molar-refractivity contribution is 6.27. The van der Waals surface area contributed by atoms with Gasteiger partial charge in [-0.2, -0.15) is 4.98 Å². The van der Waals surface area contributed by atoms with Gasteiger partial charge in [-0.05, 0) is 12.1 Å². The number of alkyl halides is 1. The van der Waals surface area contributed by atoms with Crippen molar-refractivity contribution in [1.82, 2.24) is 9.88 Å². The highest BCUT2D eigenvalue weighted by Crippen LogP contribution is 2.22. The van der Waals surface area contributed by atoms with Crippen LogP contribution >= 0.6 is 11.6 Å². The number of halogens is 1. The lowest BCUT2D eigenvalue weighted by Crippen LogP contribution is -2.49. The van der Waals surface area contributed by atoms with Crippen molar-refractivity contribution in [2.75, 3.05) is 37.0 Å². The van der Waals surface area contributed by atoms with E-state index in [1.165, 1.54) is 0 Å². The zero-order chi connectivity index (χ0) is 13.2. The van der Waals surface area contributed by atoms with Crippen molar-refractivity contribution >= 4 is 34.6 Å². The van der Waals surface area contributed by atoms with Crippen molar-refractivity contribution in [2.24, 2.45) is 0 Å². The monoisotopic (exact) mass is 279 g/mol. The molecule has 0 saturated carbocycles. The lowest BCUT2D eigenvalue weighted by Gasteiger charge is -2.33. The van der Waals surface area contributed by atoms with Crippen molar-refractivity contribution in [1.29, 1.82) is 0 Å². The van der Waals surface area contributed by atoms with Gasteiger partial charge in [0.25, 0.3) is 6.01 Å². The fourth-order valence-electron chi connectivity index (χ4n) is 2.23. The van der Waals surface area contributed by atoms with Crippen LogP contribution in [0.3, 0.4) is 0 Å². The van der Waals surface area contributed by atoms with Crippen molar-refractivity contribution in [3.8, 4) is 0 Å². The van der Waals surface area contributed by atoms with Crippen LogP contribution in [0.1, 0.15) is 0 Å². The molecule has 2 aromatic rings. The summed E-state index contributed by atoms with van der Waals surface area (Å²) >= 11 is 5.56. The number of aromatic nitrogens is 1. The van der Waals surface area contributed by atoms with Gasteiger partial charge in [-0.3, -0.25) is 4.79 Å². The lowest BCUT2D eigenvalue weighted by molar-refractivity contribution is -0.128. The molecular weight excluding hydrogens is 266 g/mol. The van der Waals surface area contributed by atoms with Gasteiger partial charge < -0.3 is 14.2 Å². The molecule has 1 saturated heterocycles. The molecule has 0 aliphatic carbocycles. The molecule has 1 aliphatic rings. The SMILES string of the molecule is O=C(CCl)N1CCN(c2nc3ccccc3o2)CC1. The zero-order valence-corrected chi connectivity index (χ0v) is 11.1. The highest BCUT2D eigenvalue weighted by Gasteiger charge is 2.23. The van der Waals surface area contributed by atoms with Crippen molar-refractivity contribution < 1.29 is 9.21 Å². The molecule has 0 radical (unpaired) electrons. The number of anilines is 1. The summed E-state index contributed by atoms with van der Waals surface area (Å²) in [5, 5.41) is 0. The van der Waals surface area contributed by atoms with Gasteiger partial charge in [0.1, 0.15) is 11.4 Å². The first-order chi connectivity index (χ1) is 9.28. The van der Waals surface area contributed by atoms with Crippen molar-refractivity contribution in [3.05, 3.63) is 24.3 Å². The molecule has 0 unspecified atom stereocenters. The largest absolute Gasteiger partial charge is 0.423 e. The number of carbonyl (C=O) groups excluding carboxylic acids is 1. The Morgan fingerprint density at radius 3 is 2.68 bits per heavy atom. The predicted molar refractivity (Wildman–Crippen MR) is 73.5 cm³/mol. The molecule has 1 aromatic carbocycles. The molecule has 19 heavy (non-hydrogen) atoms. The van der Waals surface area contributed by atoms with Crippen LogP contribution in [-0.2, 0) is 4.79 Å². The number of para-hydroxylation sites is 2. The van der Waals surface area contributed by atoms with Crippen LogP contribution in [-0.4, -0.2) is 47.9 Å². The third kappa shape index (κ3) is 2.38. The normalized spacial score (nSPS) is 16.1. The third-order valence-electron chi connectivity index (χ3n) is 3.30. The molecule has 1 amide bonds. The summed E-state index contributed by atoms with van der Waals surface area (Å²) in [7, 11) is 0. The summed E-state index contributed by atoms with van der Waals surface area (Å²) in [6.45, 7) is 2.75. The van der Waals surface area contributed by atoms with Crippen LogP contribution in [0.15, 0.2) is 28.7 Å². The average molecular weight is 280 g/mol. The molecule has 5 nitrogen and oxygen atoms in total.